The van der Waals surface area contributed by atoms with Gasteiger partial charge >= 0.3 is 5.97 Å². The van der Waals surface area contributed by atoms with E-state index in [1.165, 1.54) is 11.3 Å². The number of rotatable bonds is 7. The van der Waals surface area contributed by atoms with Gasteiger partial charge in [0.15, 0.2) is 0 Å². The lowest BCUT2D eigenvalue weighted by Gasteiger charge is -2.24. The highest BCUT2D eigenvalue weighted by Gasteiger charge is 2.33. The number of hydrogen-bond acceptors (Lipinski definition) is 6. The van der Waals surface area contributed by atoms with Gasteiger partial charge in [-0.05, 0) is 55.0 Å². The maximum Gasteiger partial charge on any atom is 0.341 e. The molecule has 8 heteroatoms. The van der Waals surface area contributed by atoms with E-state index in [0.29, 0.717) is 35.0 Å². The number of esters is 1. The van der Waals surface area contributed by atoms with E-state index in [0.717, 1.165) is 40.8 Å². The molecule has 0 saturated carbocycles. The van der Waals surface area contributed by atoms with Gasteiger partial charge in [0.05, 0.1) is 17.9 Å². The third-order valence-corrected chi connectivity index (χ3v) is 8.71. The lowest BCUT2D eigenvalue weighted by atomic mass is 10.1. The number of nitrogens with one attached hydrogen (secondary N) is 1. The zero-order chi connectivity index (χ0) is 24.4. The first-order valence-corrected chi connectivity index (χ1v) is 13.6. The van der Waals surface area contributed by atoms with Gasteiger partial charge in [0.2, 0.25) is 5.91 Å². The highest BCUT2D eigenvalue weighted by molar-refractivity contribution is 8.00. The molecule has 2 heterocycles. The summed E-state index contributed by atoms with van der Waals surface area (Å²) < 4.78 is 5.26. The van der Waals surface area contributed by atoms with Gasteiger partial charge in [-0.1, -0.05) is 42.5 Å². The zero-order valence-electron chi connectivity index (χ0n) is 19.4. The average Bonchev–Trinajstić information content (AvgIpc) is 3.55. The molecule has 1 atom stereocenters. The number of nitrogens with zero attached hydrogens (tertiary/aromatic N) is 1. The summed E-state index contributed by atoms with van der Waals surface area (Å²) in [5.41, 5.74) is 4.09. The van der Waals surface area contributed by atoms with Crippen LogP contribution in [0.15, 0.2) is 54.6 Å². The van der Waals surface area contributed by atoms with Gasteiger partial charge < -0.3 is 15.0 Å². The fraction of sp³-hybridized carbons (Fsp3) is 0.296. The quantitative estimate of drug-likeness (QED) is 0.432. The lowest BCUT2D eigenvalue weighted by molar-refractivity contribution is -0.128. The molecule has 1 N–H and O–H groups in total. The molecule has 2 aromatic carbocycles. The summed E-state index contributed by atoms with van der Waals surface area (Å²) in [4.78, 5) is 41.2. The maximum absolute atomic E-state index is 13.0. The predicted molar refractivity (Wildman–Crippen MR) is 139 cm³/mol. The summed E-state index contributed by atoms with van der Waals surface area (Å²) in [5.74, 6) is -0.0837. The van der Waals surface area contributed by atoms with Crippen LogP contribution >= 0.6 is 23.1 Å². The molecular formula is C27H26N2O4S2. The molecule has 1 aliphatic carbocycles. The highest BCUT2D eigenvalue weighted by atomic mass is 32.2. The first kappa shape index (κ1) is 23.6. The van der Waals surface area contributed by atoms with Crippen molar-refractivity contribution in [3.8, 4) is 0 Å². The van der Waals surface area contributed by atoms with Crippen molar-refractivity contribution in [1.29, 1.82) is 0 Å². The fourth-order valence-electron chi connectivity index (χ4n) is 4.57. The van der Waals surface area contributed by atoms with E-state index in [9.17, 15) is 14.4 Å². The Hall–Kier alpha value is -3.10. The number of thioether (sulfide) groups is 1. The summed E-state index contributed by atoms with van der Waals surface area (Å²) in [6.07, 6.45) is 2.78. The van der Waals surface area contributed by atoms with Crippen LogP contribution in [-0.4, -0.2) is 35.0 Å². The van der Waals surface area contributed by atoms with Crippen LogP contribution in [0.1, 0.15) is 61.0 Å². The molecule has 3 aromatic rings. The molecule has 0 unspecified atom stereocenters. The van der Waals surface area contributed by atoms with E-state index in [2.05, 4.69) is 5.32 Å². The van der Waals surface area contributed by atoms with Crippen molar-refractivity contribution in [1.82, 2.24) is 4.90 Å². The van der Waals surface area contributed by atoms with Crippen LogP contribution in [0.4, 0.5) is 5.00 Å². The second kappa shape index (κ2) is 10.3. The summed E-state index contributed by atoms with van der Waals surface area (Å²) in [5, 5.41) is 3.42. The number of anilines is 1. The van der Waals surface area contributed by atoms with Crippen LogP contribution in [0.2, 0.25) is 0 Å². The number of carbonyl (C=O) groups excluding carboxylic acids is 3. The van der Waals surface area contributed by atoms with Crippen LogP contribution in [0.5, 0.6) is 0 Å². The van der Waals surface area contributed by atoms with E-state index in [1.807, 2.05) is 47.4 Å². The summed E-state index contributed by atoms with van der Waals surface area (Å²) >= 11 is 3.07. The van der Waals surface area contributed by atoms with Crippen molar-refractivity contribution in [3.05, 3.63) is 87.3 Å². The van der Waals surface area contributed by atoms with Crippen LogP contribution < -0.4 is 5.32 Å². The fourth-order valence-corrected chi connectivity index (χ4v) is 7.03. The first-order valence-electron chi connectivity index (χ1n) is 11.7. The summed E-state index contributed by atoms with van der Waals surface area (Å²) in [6.45, 7) is 2.63. The maximum atomic E-state index is 13.0. The Morgan fingerprint density at radius 3 is 2.60 bits per heavy atom. The van der Waals surface area contributed by atoms with E-state index < -0.39 is 0 Å². The third kappa shape index (κ3) is 4.86. The lowest BCUT2D eigenvalue weighted by Crippen LogP contribution is -2.27. The number of carbonyl (C=O) groups is 3. The SMILES string of the molecule is CCOC(=O)c1c(NC(=O)c2ccc([C@H]3SCC(=O)N3Cc3ccccc3)cc2)sc2c1CCC2. The van der Waals surface area contributed by atoms with E-state index >= 15 is 0 Å². The topological polar surface area (TPSA) is 75.7 Å². The van der Waals surface area contributed by atoms with Gasteiger partial charge in [-0.15, -0.1) is 23.1 Å². The Morgan fingerprint density at radius 2 is 1.86 bits per heavy atom. The number of hydrogen-bond donors (Lipinski definition) is 1. The number of benzene rings is 2. The van der Waals surface area contributed by atoms with Gasteiger partial charge in [0.25, 0.3) is 5.91 Å². The summed E-state index contributed by atoms with van der Waals surface area (Å²) in [6, 6.07) is 17.3. The molecule has 1 aliphatic heterocycles. The molecule has 180 valence electrons. The van der Waals surface area contributed by atoms with Crippen molar-refractivity contribution < 1.29 is 19.1 Å². The van der Waals surface area contributed by atoms with Crippen molar-refractivity contribution >= 4 is 45.9 Å². The molecule has 5 rings (SSSR count). The molecule has 0 radical (unpaired) electrons. The molecule has 35 heavy (non-hydrogen) atoms. The average molecular weight is 507 g/mol. The van der Waals surface area contributed by atoms with Gasteiger partial charge in [0, 0.05) is 17.0 Å². The monoisotopic (exact) mass is 506 g/mol. The number of amides is 2. The van der Waals surface area contributed by atoms with E-state index in [4.69, 9.17) is 4.74 Å². The summed E-state index contributed by atoms with van der Waals surface area (Å²) in [7, 11) is 0. The highest BCUT2D eigenvalue weighted by Crippen LogP contribution is 2.41. The van der Waals surface area contributed by atoms with Crippen LogP contribution in [0.25, 0.3) is 0 Å². The first-order chi connectivity index (χ1) is 17.0. The molecule has 1 saturated heterocycles. The van der Waals surface area contributed by atoms with Crippen LogP contribution in [-0.2, 0) is 28.9 Å². The second-order valence-electron chi connectivity index (χ2n) is 8.53. The molecule has 1 aromatic heterocycles. The van der Waals surface area contributed by atoms with Crippen molar-refractivity contribution in [3.63, 3.8) is 0 Å². The minimum Gasteiger partial charge on any atom is -0.462 e. The number of thiophene rings is 1. The van der Waals surface area contributed by atoms with Crippen molar-refractivity contribution in [2.75, 3.05) is 17.7 Å². The van der Waals surface area contributed by atoms with E-state index in [-0.39, 0.29) is 23.2 Å². The number of fused-ring (bicyclic) bond motifs is 1. The molecule has 1 fully saturated rings. The molecular weight excluding hydrogens is 480 g/mol. The molecule has 0 bridgehead atoms. The van der Waals surface area contributed by atoms with E-state index in [1.54, 1.807) is 30.8 Å². The Labute approximate surface area is 212 Å². The van der Waals surface area contributed by atoms with Gasteiger partial charge in [0.1, 0.15) is 10.4 Å². The van der Waals surface area contributed by atoms with Gasteiger partial charge in [-0.3, -0.25) is 9.59 Å². The predicted octanol–water partition coefficient (Wildman–Crippen LogP) is 5.44. The Kier molecular flexibility index (Phi) is 6.92. The smallest absolute Gasteiger partial charge is 0.341 e. The molecule has 2 aliphatic rings. The molecule has 6 nitrogen and oxygen atoms in total. The van der Waals surface area contributed by atoms with Crippen LogP contribution in [0.3, 0.4) is 0 Å². The number of aryl methyl sites for hydroxylation is 1. The van der Waals surface area contributed by atoms with Crippen molar-refractivity contribution in [2.45, 2.75) is 38.1 Å². The molecule has 0 spiro atoms. The van der Waals surface area contributed by atoms with Gasteiger partial charge in [-0.2, -0.15) is 0 Å². The Bertz CT molecular complexity index is 1250. The van der Waals surface area contributed by atoms with Crippen LogP contribution in [0, 0.1) is 0 Å². The largest absolute Gasteiger partial charge is 0.462 e. The minimum atomic E-state index is -0.376. The van der Waals surface area contributed by atoms with Crippen molar-refractivity contribution in [2.24, 2.45) is 0 Å². The second-order valence-corrected chi connectivity index (χ2v) is 10.7. The third-order valence-electron chi connectivity index (χ3n) is 6.25. The van der Waals surface area contributed by atoms with Gasteiger partial charge in [-0.25, -0.2) is 4.79 Å². The number of ether oxygens (including phenoxy) is 1. The molecule has 2 amide bonds. The zero-order valence-corrected chi connectivity index (χ0v) is 21.0. The minimum absolute atomic E-state index is 0.0875. The Balaban J connectivity index is 1.32. The standard InChI is InChI=1S/C27H26N2O4S2/c1-2-33-27(32)23-20-9-6-10-21(20)35-25(23)28-24(31)18-11-13-19(14-12-18)26-29(22(30)16-34-26)15-17-7-4-3-5-8-17/h3-5,7-8,11-14,26H,2,6,9-10,15-16H2,1H3,(H,28,31)/t26-/m1/s1. The normalized spacial score (nSPS) is 16.9. The Morgan fingerprint density at radius 1 is 1.09 bits per heavy atom.